The molecule has 372 valence electrons. The highest BCUT2D eigenvalue weighted by molar-refractivity contribution is 5.99. The van der Waals surface area contributed by atoms with Crippen LogP contribution in [0.4, 0.5) is 0 Å². The molecule has 7 nitrogen and oxygen atoms in total. The van der Waals surface area contributed by atoms with E-state index in [1.54, 1.807) is 13.8 Å². The molecule has 0 fully saturated rings. The lowest BCUT2D eigenvalue weighted by Crippen LogP contribution is -2.43. The fraction of sp³-hybridized carbons (Fsp3) is 0.242. The number of aryl methyl sites for hydroxylation is 8. The summed E-state index contributed by atoms with van der Waals surface area (Å²) in [5, 5.41) is 0. The van der Waals surface area contributed by atoms with Crippen molar-refractivity contribution >= 4 is 11.9 Å². The number of esters is 2. The molecule has 7 heteroatoms. The Hall–Kier alpha value is -7.90. The second kappa shape index (κ2) is 22.3. The van der Waals surface area contributed by atoms with E-state index >= 15 is 9.59 Å². The molecular formula is C66H66O7. The second-order valence-electron chi connectivity index (χ2n) is 19.9. The topological polar surface area (TPSA) is 80.3 Å². The molecule has 0 aliphatic carbocycles. The molecule has 0 saturated heterocycles. The van der Waals surface area contributed by atoms with Gasteiger partial charge >= 0.3 is 11.9 Å². The number of hydrogen-bond acceptors (Lipinski definition) is 7. The number of carbonyl (C=O) groups excluding carboxylic acids is 2. The fourth-order valence-electron chi connectivity index (χ4n) is 9.10. The van der Waals surface area contributed by atoms with Crippen molar-refractivity contribution in [2.75, 3.05) is 0 Å². The maximum Gasteiger partial charge on any atom is 0.328 e. The highest BCUT2D eigenvalue weighted by atomic mass is 16.6. The van der Waals surface area contributed by atoms with Gasteiger partial charge in [0.15, 0.2) is 0 Å². The standard InChI is InChI=1S/C66H66O7/c1-43-11-15-47(5)51(35-43)39-69-59-27-19-55(20-28-59)65(9,56-21-29-60(30-22-56)70-40-52-36-44(2)12-16-48(52)6)63(67)73-64(68)66(10,57-23-31-61(32-24-57)71-41-53-37-45(3)13-17-49(53)7)58-25-33-62(34-26-58)72-42-54-38-46(4)14-18-50(54)8/h11-38H,39-42H2,1-10H3. The average molecular weight is 971 g/mol. The van der Waals surface area contributed by atoms with Crippen LogP contribution >= 0.6 is 0 Å². The summed E-state index contributed by atoms with van der Waals surface area (Å²) in [6.45, 7) is 21.7. The summed E-state index contributed by atoms with van der Waals surface area (Å²) in [6, 6.07) is 55.0. The third-order valence-electron chi connectivity index (χ3n) is 14.3. The van der Waals surface area contributed by atoms with E-state index in [-0.39, 0.29) is 0 Å². The van der Waals surface area contributed by atoms with Crippen molar-refractivity contribution in [2.24, 2.45) is 0 Å². The SMILES string of the molecule is Cc1ccc(C)c(COc2ccc(C(C)(C(=O)OC(=O)C(C)(c3ccc(OCc4cc(C)ccc4C)cc3)c3ccc(OCc4cc(C)ccc4C)cc3)c3ccc(OCc4cc(C)ccc4C)cc3)cc2)c1. The minimum atomic E-state index is -1.45. The maximum atomic E-state index is 15.2. The molecule has 0 aromatic heterocycles. The zero-order chi connectivity index (χ0) is 51.9. The fourth-order valence-corrected chi connectivity index (χ4v) is 9.10. The van der Waals surface area contributed by atoms with E-state index in [9.17, 15) is 0 Å². The predicted molar refractivity (Wildman–Crippen MR) is 291 cm³/mol. The Bertz CT molecular complexity index is 2810. The van der Waals surface area contributed by atoms with Crippen molar-refractivity contribution in [3.63, 3.8) is 0 Å². The van der Waals surface area contributed by atoms with Gasteiger partial charge in [0.1, 0.15) is 60.3 Å². The maximum absolute atomic E-state index is 15.2. The van der Waals surface area contributed by atoms with Crippen LogP contribution in [0.1, 0.15) is 103 Å². The monoisotopic (exact) mass is 970 g/mol. The predicted octanol–water partition coefficient (Wildman–Crippen LogP) is 14.9. The molecule has 0 heterocycles. The Labute approximate surface area is 431 Å². The first-order valence-electron chi connectivity index (χ1n) is 24.9. The molecule has 0 saturated carbocycles. The normalized spacial score (nSPS) is 11.5. The van der Waals surface area contributed by atoms with Gasteiger partial charge in [-0.15, -0.1) is 0 Å². The Morgan fingerprint density at radius 1 is 0.315 bits per heavy atom. The summed E-state index contributed by atoms with van der Waals surface area (Å²) in [7, 11) is 0. The lowest BCUT2D eigenvalue weighted by molar-refractivity contribution is -0.165. The van der Waals surface area contributed by atoms with Gasteiger partial charge in [0.05, 0.1) is 0 Å². The summed E-state index contributed by atoms with van der Waals surface area (Å²) in [5.74, 6) is 1.09. The van der Waals surface area contributed by atoms with Crippen molar-refractivity contribution in [2.45, 2.75) is 106 Å². The minimum absolute atomic E-state index is 0.391. The van der Waals surface area contributed by atoms with Crippen LogP contribution in [-0.2, 0) is 51.6 Å². The van der Waals surface area contributed by atoms with Crippen molar-refractivity contribution in [1.29, 1.82) is 0 Å². The van der Waals surface area contributed by atoms with E-state index in [1.165, 1.54) is 0 Å². The summed E-state index contributed by atoms with van der Waals surface area (Å²) in [5.41, 5.74) is 13.2. The first kappa shape index (κ1) is 51.5. The Kier molecular flexibility index (Phi) is 15.7. The van der Waals surface area contributed by atoms with Gasteiger partial charge in [-0.3, -0.25) is 9.59 Å². The number of rotatable bonds is 18. The number of ether oxygens (including phenoxy) is 5. The van der Waals surface area contributed by atoms with Crippen molar-refractivity contribution in [3.8, 4) is 23.0 Å². The van der Waals surface area contributed by atoms with Gasteiger partial charge in [-0.2, -0.15) is 0 Å². The highest BCUT2D eigenvalue weighted by Gasteiger charge is 2.45. The van der Waals surface area contributed by atoms with Gasteiger partial charge in [0.25, 0.3) is 0 Å². The van der Waals surface area contributed by atoms with Crippen LogP contribution in [0.15, 0.2) is 170 Å². The van der Waals surface area contributed by atoms with E-state index < -0.39 is 22.8 Å². The molecule has 0 aliphatic rings. The van der Waals surface area contributed by atoms with E-state index in [4.69, 9.17) is 23.7 Å². The molecule has 0 N–H and O–H groups in total. The van der Waals surface area contributed by atoms with Crippen LogP contribution in [0, 0.1) is 55.4 Å². The third-order valence-corrected chi connectivity index (χ3v) is 14.3. The Balaban J connectivity index is 1.11. The number of hydrogen-bond donors (Lipinski definition) is 0. The molecule has 0 bridgehead atoms. The van der Waals surface area contributed by atoms with Crippen molar-refractivity contribution in [1.82, 2.24) is 0 Å². The van der Waals surface area contributed by atoms with Gasteiger partial charge in [-0.05, 0) is 185 Å². The van der Waals surface area contributed by atoms with Crippen LogP contribution in [0.25, 0.3) is 0 Å². The number of benzene rings is 8. The summed E-state index contributed by atoms with van der Waals surface area (Å²) < 4.78 is 31.3. The summed E-state index contributed by atoms with van der Waals surface area (Å²) in [4.78, 5) is 30.4. The molecular weight excluding hydrogens is 905 g/mol. The van der Waals surface area contributed by atoms with Gasteiger partial charge in [0, 0.05) is 0 Å². The van der Waals surface area contributed by atoms with E-state index in [0.29, 0.717) is 71.7 Å². The first-order valence-corrected chi connectivity index (χ1v) is 24.9. The minimum Gasteiger partial charge on any atom is -0.489 e. The number of carbonyl (C=O) groups is 2. The highest BCUT2D eigenvalue weighted by Crippen LogP contribution is 2.40. The molecule has 0 amide bonds. The van der Waals surface area contributed by atoms with Gasteiger partial charge < -0.3 is 23.7 Å². The van der Waals surface area contributed by atoms with Crippen LogP contribution in [-0.4, -0.2) is 11.9 Å². The largest absolute Gasteiger partial charge is 0.489 e. The quantitative estimate of drug-likeness (QED) is 0.0626. The molecule has 0 unspecified atom stereocenters. The lowest BCUT2D eigenvalue weighted by atomic mass is 9.75. The Morgan fingerprint density at radius 2 is 0.521 bits per heavy atom. The molecule has 8 aromatic rings. The second-order valence-corrected chi connectivity index (χ2v) is 19.9. The van der Waals surface area contributed by atoms with Gasteiger partial charge in [-0.25, -0.2) is 0 Å². The van der Waals surface area contributed by atoms with Gasteiger partial charge in [0.2, 0.25) is 0 Å². The molecule has 0 spiro atoms. The third kappa shape index (κ3) is 11.9. The lowest BCUT2D eigenvalue weighted by Gasteiger charge is -2.32. The zero-order valence-electron chi connectivity index (χ0n) is 43.9. The molecule has 8 rings (SSSR count). The molecule has 73 heavy (non-hydrogen) atoms. The average Bonchev–Trinajstić information content (AvgIpc) is 3.39. The van der Waals surface area contributed by atoms with Crippen LogP contribution < -0.4 is 18.9 Å². The van der Waals surface area contributed by atoms with E-state index in [0.717, 1.165) is 66.8 Å². The van der Waals surface area contributed by atoms with Crippen LogP contribution in [0.3, 0.4) is 0 Å². The van der Waals surface area contributed by atoms with Crippen molar-refractivity contribution in [3.05, 3.63) is 259 Å². The van der Waals surface area contributed by atoms with E-state index in [1.807, 2.05) is 97.1 Å². The van der Waals surface area contributed by atoms with E-state index in [2.05, 4.69) is 128 Å². The summed E-state index contributed by atoms with van der Waals surface area (Å²) in [6.07, 6.45) is 0. The zero-order valence-corrected chi connectivity index (χ0v) is 43.9. The smallest absolute Gasteiger partial charge is 0.328 e. The molecule has 0 aliphatic heterocycles. The summed E-state index contributed by atoms with van der Waals surface area (Å²) >= 11 is 0. The molecule has 0 radical (unpaired) electrons. The van der Waals surface area contributed by atoms with Gasteiger partial charge in [-0.1, -0.05) is 144 Å². The first-order chi connectivity index (χ1) is 35.0. The van der Waals surface area contributed by atoms with Crippen molar-refractivity contribution < 1.29 is 33.3 Å². The molecule has 8 aromatic carbocycles. The van der Waals surface area contributed by atoms with Crippen LogP contribution in [0.2, 0.25) is 0 Å². The Morgan fingerprint density at radius 3 is 0.726 bits per heavy atom. The molecule has 0 atom stereocenters. The van der Waals surface area contributed by atoms with Crippen LogP contribution in [0.5, 0.6) is 23.0 Å².